The first-order valence-electron chi connectivity index (χ1n) is 6.50. The number of rotatable bonds is 7. The van der Waals surface area contributed by atoms with Gasteiger partial charge in [-0.15, -0.1) is 11.8 Å². The summed E-state index contributed by atoms with van der Waals surface area (Å²) in [5, 5.41) is 3.21. The number of nitrogens with one attached hydrogen (secondary N) is 1. The third-order valence-corrected chi connectivity index (χ3v) is 3.95. The number of esters is 1. The summed E-state index contributed by atoms with van der Waals surface area (Å²) in [6.45, 7) is 4.70. The van der Waals surface area contributed by atoms with Crippen molar-refractivity contribution >= 4 is 17.7 Å². The predicted molar refractivity (Wildman–Crippen MR) is 76.9 cm³/mol. The minimum Gasteiger partial charge on any atom is -0.494 e. The molecule has 2 rings (SSSR count). The summed E-state index contributed by atoms with van der Waals surface area (Å²) in [5.41, 5.74) is 0. The number of carbonyl (C=O) groups is 1. The van der Waals surface area contributed by atoms with Crippen LogP contribution < -0.4 is 14.8 Å². The van der Waals surface area contributed by atoms with Crippen LogP contribution in [0, 0.1) is 5.92 Å². The maximum absolute atomic E-state index is 11.6. The van der Waals surface area contributed by atoms with E-state index in [0.717, 1.165) is 24.6 Å². The van der Waals surface area contributed by atoms with Crippen LogP contribution in [0.1, 0.15) is 6.92 Å². The third kappa shape index (κ3) is 4.76. The fraction of sp³-hybridized carbons (Fsp3) is 0.500. The lowest BCUT2D eigenvalue weighted by Gasteiger charge is -2.26. The van der Waals surface area contributed by atoms with Gasteiger partial charge in [0.05, 0.1) is 12.4 Å². The van der Waals surface area contributed by atoms with E-state index in [0.29, 0.717) is 24.0 Å². The summed E-state index contributed by atoms with van der Waals surface area (Å²) in [6, 6.07) is 7.12. The molecule has 1 saturated heterocycles. The lowest BCUT2D eigenvalue weighted by atomic mass is 10.1. The molecule has 1 aliphatic rings. The summed E-state index contributed by atoms with van der Waals surface area (Å²) >= 11 is 1.64. The summed E-state index contributed by atoms with van der Waals surface area (Å²) in [5.74, 6) is 3.30. The van der Waals surface area contributed by atoms with E-state index < -0.39 is 0 Å². The second kappa shape index (κ2) is 7.40. The van der Waals surface area contributed by atoms with E-state index >= 15 is 0 Å². The van der Waals surface area contributed by atoms with Crippen LogP contribution in [-0.4, -0.2) is 37.2 Å². The highest BCUT2D eigenvalue weighted by Crippen LogP contribution is 2.18. The molecular weight excluding hydrogens is 262 g/mol. The van der Waals surface area contributed by atoms with Crippen LogP contribution in [0.4, 0.5) is 0 Å². The molecule has 0 amide bonds. The Labute approximate surface area is 117 Å². The maximum Gasteiger partial charge on any atom is 0.321 e. The van der Waals surface area contributed by atoms with Crippen molar-refractivity contribution in [3.63, 3.8) is 0 Å². The molecule has 1 N–H and O–H groups in total. The van der Waals surface area contributed by atoms with Crippen LogP contribution in [0.5, 0.6) is 11.5 Å². The van der Waals surface area contributed by atoms with Gasteiger partial charge in [-0.3, -0.25) is 4.79 Å². The van der Waals surface area contributed by atoms with Crippen molar-refractivity contribution in [2.24, 2.45) is 5.92 Å². The molecule has 1 aliphatic heterocycles. The first-order chi connectivity index (χ1) is 9.28. The molecule has 1 aromatic rings. The van der Waals surface area contributed by atoms with E-state index in [9.17, 15) is 4.79 Å². The molecular formula is C14H19NO3S. The Morgan fingerprint density at radius 2 is 2.00 bits per heavy atom. The Balaban J connectivity index is 1.68. The maximum atomic E-state index is 11.6. The molecule has 19 heavy (non-hydrogen) atoms. The van der Waals surface area contributed by atoms with E-state index in [-0.39, 0.29) is 5.97 Å². The molecule has 4 nitrogen and oxygen atoms in total. The summed E-state index contributed by atoms with van der Waals surface area (Å²) in [6.07, 6.45) is 0. The van der Waals surface area contributed by atoms with Gasteiger partial charge in [-0.05, 0) is 55.9 Å². The highest BCUT2D eigenvalue weighted by atomic mass is 32.2. The van der Waals surface area contributed by atoms with Gasteiger partial charge in [0.2, 0.25) is 0 Å². The van der Waals surface area contributed by atoms with Crippen molar-refractivity contribution < 1.29 is 14.3 Å². The highest BCUT2D eigenvalue weighted by molar-refractivity contribution is 7.99. The predicted octanol–water partition coefficient (Wildman–Crippen LogP) is 1.94. The third-order valence-electron chi connectivity index (χ3n) is 2.81. The minimum absolute atomic E-state index is 0.193. The van der Waals surface area contributed by atoms with Crippen LogP contribution in [0.25, 0.3) is 0 Å². The Hall–Kier alpha value is -1.20. The van der Waals surface area contributed by atoms with Gasteiger partial charge < -0.3 is 14.8 Å². The largest absolute Gasteiger partial charge is 0.494 e. The van der Waals surface area contributed by atoms with Gasteiger partial charge in [0, 0.05) is 0 Å². The fourth-order valence-corrected chi connectivity index (χ4v) is 2.62. The van der Waals surface area contributed by atoms with E-state index in [2.05, 4.69) is 5.32 Å². The lowest BCUT2D eigenvalue weighted by molar-refractivity contribution is -0.131. The molecule has 0 atom stereocenters. The van der Waals surface area contributed by atoms with Crippen LogP contribution in [-0.2, 0) is 4.79 Å². The smallest absolute Gasteiger partial charge is 0.321 e. The molecule has 0 radical (unpaired) electrons. The molecule has 0 unspecified atom stereocenters. The van der Waals surface area contributed by atoms with Crippen molar-refractivity contribution in [2.75, 3.05) is 31.2 Å². The van der Waals surface area contributed by atoms with E-state index in [4.69, 9.17) is 9.47 Å². The number of carbonyl (C=O) groups excluding carboxylic acids is 1. The van der Waals surface area contributed by atoms with Crippen LogP contribution >= 0.6 is 11.8 Å². The summed E-state index contributed by atoms with van der Waals surface area (Å²) < 4.78 is 10.6. The molecule has 0 aromatic heterocycles. The monoisotopic (exact) mass is 281 g/mol. The number of hydrogen-bond donors (Lipinski definition) is 1. The van der Waals surface area contributed by atoms with Gasteiger partial charge in [0.1, 0.15) is 11.5 Å². The summed E-state index contributed by atoms with van der Waals surface area (Å²) in [4.78, 5) is 11.6. The van der Waals surface area contributed by atoms with Crippen LogP contribution in [0.15, 0.2) is 24.3 Å². The van der Waals surface area contributed by atoms with Gasteiger partial charge in [0.15, 0.2) is 0 Å². The zero-order valence-electron chi connectivity index (χ0n) is 11.1. The molecule has 1 aromatic carbocycles. The van der Waals surface area contributed by atoms with Crippen molar-refractivity contribution in [3.8, 4) is 11.5 Å². The standard InChI is InChI=1S/C14H19NO3S/c1-2-17-12-3-5-13(6-4-12)18-14(16)10-19-9-11-7-15-8-11/h3-6,11,15H,2,7-10H2,1H3. The van der Waals surface area contributed by atoms with Crippen molar-refractivity contribution in [2.45, 2.75) is 6.92 Å². The Kier molecular flexibility index (Phi) is 5.54. The molecule has 0 aliphatic carbocycles. The average molecular weight is 281 g/mol. The first-order valence-corrected chi connectivity index (χ1v) is 7.65. The van der Waals surface area contributed by atoms with Crippen molar-refractivity contribution in [1.82, 2.24) is 5.32 Å². The first kappa shape index (κ1) is 14.2. The molecule has 0 bridgehead atoms. The molecule has 0 spiro atoms. The average Bonchev–Trinajstić information content (AvgIpc) is 2.35. The molecule has 1 fully saturated rings. The number of ether oxygens (including phenoxy) is 2. The lowest BCUT2D eigenvalue weighted by Crippen LogP contribution is -2.43. The minimum atomic E-state index is -0.193. The van der Waals surface area contributed by atoms with Gasteiger partial charge in [0.25, 0.3) is 0 Å². The fourth-order valence-electron chi connectivity index (χ4n) is 1.71. The molecule has 104 valence electrons. The molecule has 5 heteroatoms. The van der Waals surface area contributed by atoms with E-state index in [1.165, 1.54) is 0 Å². The Morgan fingerprint density at radius 1 is 1.32 bits per heavy atom. The Morgan fingerprint density at radius 3 is 2.58 bits per heavy atom. The quantitative estimate of drug-likeness (QED) is 0.611. The van der Waals surface area contributed by atoms with Gasteiger partial charge in [-0.2, -0.15) is 0 Å². The highest BCUT2D eigenvalue weighted by Gasteiger charge is 2.17. The zero-order valence-corrected chi connectivity index (χ0v) is 11.9. The SMILES string of the molecule is CCOc1ccc(OC(=O)CSCC2CNC2)cc1. The van der Waals surface area contributed by atoms with Gasteiger partial charge in [-0.25, -0.2) is 0 Å². The normalized spacial score (nSPS) is 14.8. The van der Waals surface area contributed by atoms with Crippen LogP contribution in [0.2, 0.25) is 0 Å². The number of hydrogen-bond acceptors (Lipinski definition) is 5. The van der Waals surface area contributed by atoms with E-state index in [1.54, 1.807) is 36.0 Å². The topological polar surface area (TPSA) is 47.6 Å². The second-order valence-electron chi connectivity index (χ2n) is 4.42. The Bertz CT molecular complexity index is 404. The second-order valence-corrected chi connectivity index (χ2v) is 5.45. The van der Waals surface area contributed by atoms with Gasteiger partial charge in [-0.1, -0.05) is 0 Å². The van der Waals surface area contributed by atoms with E-state index in [1.807, 2.05) is 6.92 Å². The number of benzene rings is 1. The summed E-state index contributed by atoms with van der Waals surface area (Å²) in [7, 11) is 0. The van der Waals surface area contributed by atoms with Crippen molar-refractivity contribution in [3.05, 3.63) is 24.3 Å². The number of thioether (sulfide) groups is 1. The molecule has 0 saturated carbocycles. The van der Waals surface area contributed by atoms with Crippen LogP contribution in [0.3, 0.4) is 0 Å². The zero-order chi connectivity index (χ0) is 13.5. The van der Waals surface area contributed by atoms with Crippen molar-refractivity contribution in [1.29, 1.82) is 0 Å². The van der Waals surface area contributed by atoms with Gasteiger partial charge >= 0.3 is 5.97 Å². The molecule has 1 heterocycles.